The van der Waals surface area contributed by atoms with Crippen LogP contribution in [0.4, 0.5) is 0 Å². The van der Waals surface area contributed by atoms with Gasteiger partial charge in [-0.25, -0.2) is 8.42 Å². The molecule has 2 rings (SSSR count). The van der Waals surface area contributed by atoms with Gasteiger partial charge in [-0.05, 0) is 37.5 Å². The maximum atomic E-state index is 12.2. The zero-order valence-electron chi connectivity index (χ0n) is 11.4. The number of hydrogen-bond acceptors (Lipinski definition) is 4. The lowest BCUT2D eigenvalue weighted by molar-refractivity contribution is 0.0857. The Morgan fingerprint density at radius 2 is 2.24 bits per heavy atom. The standard InChI is InChI=1S/C13H15BrClNO4S/c1-8-11(5-10(6-12(8)14)21(15,18)19)13(17)16-7-9-3-2-4-20-9/h5-6,9H,2-4,7H2,1H3,(H,16,17). The smallest absolute Gasteiger partial charge is 0.261 e. The Hall–Kier alpha value is -0.630. The molecule has 0 saturated carbocycles. The van der Waals surface area contributed by atoms with Gasteiger partial charge in [0.05, 0.1) is 11.0 Å². The van der Waals surface area contributed by atoms with Gasteiger partial charge in [0.1, 0.15) is 0 Å². The number of amides is 1. The number of hydrogen-bond donors (Lipinski definition) is 1. The average Bonchev–Trinajstić information content (AvgIpc) is 2.91. The second-order valence-corrected chi connectivity index (χ2v) is 8.28. The quantitative estimate of drug-likeness (QED) is 0.794. The highest BCUT2D eigenvalue weighted by Crippen LogP contribution is 2.26. The molecule has 1 aliphatic rings. The Kier molecular flexibility index (Phi) is 5.29. The first kappa shape index (κ1) is 16.7. The summed E-state index contributed by atoms with van der Waals surface area (Å²) < 4.78 is 28.8. The number of halogens is 2. The van der Waals surface area contributed by atoms with Crippen LogP contribution in [0.1, 0.15) is 28.8 Å². The molecule has 1 aromatic carbocycles. The fourth-order valence-corrected chi connectivity index (χ4v) is 3.53. The normalized spacial score (nSPS) is 18.7. The summed E-state index contributed by atoms with van der Waals surface area (Å²) in [6, 6.07) is 2.67. The fraction of sp³-hybridized carbons (Fsp3) is 0.462. The molecular formula is C13H15BrClNO4S. The van der Waals surface area contributed by atoms with Crippen LogP contribution in [-0.4, -0.2) is 33.6 Å². The van der Waals surface area contributed by atoms with Gasteiger partial charge in [0.2, 0.25) is 0 Å². The summed E-state index contributed by atoms with van der Waals surface area (Å²) in [6.07, 6.45) is 1.93. The summed E-state index contributed by atoms with van der Waals surface area (Å²) in [5.41, 5.74) is 0.936. The van der Waals surface area contributed by atoms with E-state index in [1.165, 1.54) is 12.1 Å². The van der Waals surface area contributed by atoms with Crippen LogP contribution in [0.15, 0.2) is 21.5 Å². The molecule has 1 heterocycles. The molecule has 21 heavy (non-hydrogen) atoms. The lowest BCUT2D eigenvalue weighted by atomic mass is 10.1. The van der Waals surface area contributed by atoms with E-state index in [0.717, 1.165) is 12.8 Å². The van der Waals surface area contributed by atoms with E-state index in [1.807, 2.05) is 0 Å². The molecule has 1 fully saturated rings. The van der Waals surface area contributed by atoms with Crippen molar-refractivity contribution in [2.24, 2.45) is 0 Å². The van der Waals surface area contributed by atoms with Gasteiger partial charge < -0.3 is 10.1 Å². The molecule has 0 radical (unpaired) electrons. The number of ether oxygens (including phenoxy) is 1. The second-order valence-electron chi connectivity index (χ2n) is 4.86. The lowest BCUT2D eigenvalue weighted by Gasteiger charge is -2.13. The second kappa shape index (κ2) is 6.64. The Morgan fingerprint density at radius 3 is 2.81 bits per heavy atom. The van der Waals surface area contributed by atoms with E-state index in [2.05, 4.69) is 21.2 Å². The predicted molar refractivity (Wildman–Crippen MR) is 83.2 cm³/mol. The molecule has 1 aliphatic heterocycles. The molecule has 8 heteroatoms. The van der Waals surface area contributed by atoms with Gasteiger partial charge in [-0.3, -0.25) is 4.79 Å². The molecule has 1 saturated heterocycles. The number of rotatable bonds is 4. The summed E-state index contributed by atoms with van der Waals surface area (Å²) in [6.45, 7) is 2.86. The van der Waals surface area contributed by atoms with E-state index in [9.17, 15) is 13.2 Å². The average molecular weight is 397 g/mol. The minimum Gasteiger partial charge on any atom is -0.376 e. The van der Waals surface area contributed by atoms with Crippen LogP contribution in [0.5, 0.6) is 0 Å². The van der Waals surface area contributed by atoms with Crippen LogP contribution in [0.25, 0.3) is 0 Å². The van der Waals surface area contributed by atoms with E-state index >= 15 is 0 Å². The molecule has 5 nitrogen and oxygen atoms in total. The molecule has 0 aliphatic carbocycles. The lowest BCUT2D eigenvalue weighted by Crippen LogP contribution is -2.32. The first-order valence-electron chi connectivity index (χ1n) is 6.43. The monoisotopic (exact) mass is 395 g/mol. The van der Waals surface area contributed by atoms with Crippen molar-refractivity contribution >= 4 is 41.6 Å². The van der Waals surface area contributed by atoms with Crippen LogP contribution in [0.2, 0.25) is 0 Å². The highest BCUT2D eigenvalue weighted by Gasteiger charge is 2.20. The van der Waals surface area contributed by atoms with Gasteiger partial charge >= 0.3 is 0 Å². The zero-order valence-corrected chi connectivity index (χ0v) is 14.5. The third-order valence-electron chi connectivity index (χ3n) is 3.36. The van der Waals surface area contributed by atoms with Crippen molar-refractivity contribution in [1.82, 2.24) is 5.32 Å². The predicted octanol–water partition coefficient (Wildman–Crippen LogP) is 2.59. The Labute approximate surface area is 136 Å². The van der Waals surface area contributed by atoms with Gasteiger partial charge in [-0.15, -0.1) is 0 Å². The highest BCUT2D eigenvalue weighted by atomic mass is 79.9. The highest BCUT2D eigenvalue weighted by molar-refractivity contribution is 9.10. The molecule has 116 valence electrons. The number of nitrogens with one attached hydrogen (secondary N) is 1. The molecular weight excluding hydrogens is 382 g/mol. The molecule has 0 bridgehead atoms. The molecule has 0 aromatic heterocycles. The third kappa shape index (κ3) is 4.18. The van der Waals surface area contributed by atoms with Crippen LogP contribution < -0.4 is 5.32 Å². The molecule has 1 atom stereocenters. The van der Waals surface area contributed by atoms with E-state index in [-0.39, 0.29) is 22.5 Å². The molecule has 1 amide bonds. The third-order valence-corrected chi connectivity index (χ3v) is 5.52. The van der Waals surface area contributed by atoms with E-state index < -0.39 is 9.05 Å². The van der Waals surface area contributed by atoms with Crippen LogP contribution in [0, 0.1) is 6.92 Å². The molecule has 1 N–H and O–H groups in total. The van der Waals surface area contributed by atoms with Crippen molar-refractivity contribution in [2.45, 2.75) is 30.8 Å². The van der Waals surface area contributed by atoms with Crippen LogP contribution >= 0.6 is 26.6 Å². The first-order chi connectivity index (χ1) is 9.79. The molecule has 0 spiro atoms. The molecule has 1 aromatic rings. The van der Waals surface area contributed by atoms with E-state index in [4.69, 9.17) is 15.4 Å². The van der Waals surface area contributed by atoms with Crippen molar-refractivity contribution < 1.29 is 17.9 Å². The van der Waals surface area contributed by atoms with Crippen molar-refractivity contribution in [3.8, 4) is 0 Å². The summed E-state index contributed by atoms with van der Waals surface area (Å²) in [5, 5.41) is 2.76. The Morgan fingerprint density at radius 1 is 1.52 bits per heavy atom. The minimum atomic E-state index is -3.89. The summed E-state index contributed by atoms with van der Waals surface area (Å²) >= 11 is 3.25. The van der Waals surface area contributed by atoms with Crippen molar-refractivity contribution in [2.75, 3.05) is 13.2 Å². The molecule has 1 unspecified atom stereocenters. The van der Waals surface area contributed by atoms with Crippen LogP contribution in [0.3, 0.4) is 0 Å². The van der Waals surface area contributed by atoms with Gasteiger partial charge in [0, 0.05) is 33.9 Å². The number of carbonyl (C=O) groups is 1. The summed E-state index contributed by atoms with van der Waals surface area (Å²) in [5.74, 6) is -0.342. The largest absolute Gasteiger partial charge is 0.376 e. The number of benzene rings is 1. The Bertz CT molecular complexity index is 656. The van der Waals surface area contributed by atoms with Crippen molar-refractivity contribution in [1.29, 1.82) is 0 Å². The van der Waals surface area contributed by atoms with Crippen LogP contribution in [-0.2, 0) is 13.8 Å². The fourth-order valence-electron chi connectivity index (χ4n) is 2.14. The van der Waals surface area contributed by atoms with Gasteiger partial charge in [0.25, 0.3) is 15.0 Å². The van der Waals surface area contributed by atoms with Crippen molar-refractivity contribution in [3.63, 3.8) is 0 Å². The van der Waals surface area contributed by atoms with Crippen molar-refractivity contribution in [3.05, 3.63) is 27.7 Å². The topological polar surface area (TPSA) is 72.5 Å². The SMILES string of the molecule is Cc1c(Br)cc(S(=O)(=O)Cl)cc1C(=O)NCC1CCCO1. The minimum absolute atomic E-state index is 0.0256. The van der Waals surface area contributed by atoms with Gasteiger partial charge in [0.15, 0.2) is 0 Å². The zero-order chi connectivity index (χ0) is 15.6. The maximum Gasteiger partial charge on any atom is 0.261 e. The van der Waals surface area contributed by atoms with E-state index in [0.29, 0.717) is 23.2 Å². The van der Waals surface area contributed by atoms with Gasteiger partial charge in [-0.1, -0.05) is 15.9 Å². The summed E-state index contributed by atoms with van der Waals surface area (Å²) in [4.78, 5) is 12.1. The summed E-state index contributed by atoms with van der Waals surface area (Å²) in [7, 11) is 1.45. The van der Waals surface area contributed by atoms with Gasteiger partial charge in [-0.2, -0.15) is 0 Å². The number of carbonyl (C=O) groups excluding carboxylic acids is 1. The maximum absolute atomic E-state index is 12.2. The first-order valence-corrected chi connectivity index (χ1v) is 9.54. The Balaban J connectivity index is 2.21. The van der Waals surface area contributed by atoms with E-state index in [1.54, 1.807) is 6.92 Å².